The van der Waals surface area contributed by atoms with Crippen molar-refractivity contribution in [1.82, 2.24) is 4.98 Å². The summed E-state index contributed by atoms with van der Waals surface area (Å²) in [4.78, 5) is 15.3. The number of rotatable bonds is 2. The maximum atomic E-state index is 12.6. The zero-order chi connectivity index (χ0) is 11.5. The molecule has 4 nitrogen and oxygen atoms in total. The SMILES string of the molecule is Nc1scnc1C(=O)Oc1ccc(F)cc1. The van der Waals surface area contributed by atoms with E-state index < -0.39 is 11.8 Å². The van der Waals surface area contributed by atoms with Gasteiger partial charge in [0.2, 0.25) is 0 Å². The van der Waals surface area contributed by atoms with E-state index >= 15 is 0 Å². The molecule has 0 saturated carbocycles. The van der Waals surface area contributed by atoms with Crippen LogP contribution in [0.4, 0.5) is 9.39 Å². The standard InChI is InChI=1S/C10H7FN2O2S/c11-6-1-3-7(4-2-6)15-10(14)8-9(12)16-5-13-8/h1-5H,12H2. The smallest absolute Gasteiger partial charge is 0.365 e. The molecule has 0 radical (unpaired) electrons. The van der Waals surface area contributed by atoms with Crippen molar-refractivity contribution < 1.29 is 13.9 Å². The molecule has 0 spiro atoms. The van der Waals surface area contributed by atoms with Gasteiger partial charge in [0.05, 0.1) is 5.51 Å². The fraction of sp³-hybridized carbons (Fsp3) is 0. The Bertz CT molecular complexity index is 510. The van der Waals surface area contributed by atoms with Gasteiger partial charge in [0.1, 0.15) is 16.6 Å². The van der Waals surface area contributed by atoms with Gasteiger partial charge in [-0.3, -0.25) is 0 Å². The van der Waals surface area contributed by atoms with Crippen LogP contribution < -0.4 is 10.5 Å². The van der Waals surface area contributed by atoms with Crippen molar-refractivity contribution in [3.63, 3.8) is 0 Å². The molecule has 0 aliphatic heterocycles. The summed E-state index contributed by atoms with van der Waals surface area (Å²) < 4.78 is 17.5. The zero-order valence-electron chi connectivity index (χ0n) is 8.01. The Hall–Kier alpha value is -1.95. The largest absolute Gasteiger partial charge is 0.422 e. The molecular weight excluding hydrogens is 231 g/mol. The first-order valence-corrected chi connectivity index (χ1v) is 5.21. The van der Waals surface area contributed by atoms with Crippen LogP contribution in [-0.4, -0.2) is 11.0 Å². The fourth-order valence-corrected chi connectivity index (χ4v) is 1.59. The van der Waals surface area contributed by atoms with Crippen LogP contribution in [0.2, 0.25) is 0 Å². The van der Waals surface area contributed by atoms with Gasteiger partial charge in [-0.1, -0.05) is 0 Å². The molecule has 0 fully saturated rings. The number of hydrogen-bond donors (Lipinski definition) is 1. The molecule has 1 aromatic heterocycles. The first-order valence-electron chi connectivity index (χ1n) is 4.33. The zero-order valence-corrected chi connectivity index (χ0v) is 8.83. The molecule has 2 rings (SSSR count). The molecule has 0 atom stereocenters. The summed E-state index contributed by atoms with van der Waals surface area (Å²) in [6, 6.07) is 5.12. The number of esters is 1. The number of ether oxygens (including phenoxy) is 1. The molecule has 6 heteroatoms. The number of hydrogen-bond acceptors (Lipinski definition) is 5. The lowest BCUT2D eigenvalue weighted by Gasteiger charge is -2.02. The normalized spacial score (nSPS) is 10.1. The van der Waals surface area contributed by atoms with Crippen molar-refractivity contribution in [1.29, 1.82) is 0 Å². The predicted molar refractivity (Wildman–Crippen MR) is 57.9 cm³/mol. The summed E-state index contributed by atoms with van der Waals surface area (Å²) in [6.07, 6.45) is 0. The van der Waals surface area contributed by atoms with Gasteiger partial charge in [-0.25, -0.2) is 14.2 Å². The first-order chi connectivity index (χ1) is 7.66. The van der Waals surface area contributed by atoms with E-state index in [0.717, 1.165) is 11.3 Å². The summed E-state index contributed by atoms with van der Waals surface area (Å²) in [5, 5.41) is 0.298. The number of thiazole rings is 1. The molecular formula is C10H7FN2O2S. The second-order valence-electron chi connectivity index (χ2n) is 2.91. The van der Waals surface area contributed by atoms with E-state index in [-0.39, 0.29) is 11.4 Å². The number of anilines is 1. The molecule has 1 heterocycles. The summed E-state index contributed by atoms with van der Waals surface area (Å²) in [6.45, 7) is 0. The third-order valence-corrected chi connectivity index (χ3v) is 2.47. The maximum Gasteiger partial charge on any atom is 0.365 e. The van der Waals surface area contributed by atoms with E-state index in [1.165, 1.54) is 29.8 Å². The van der Waals surface area contributed by atoms with Gasteiger partial charge in [-0.15, -0.1) is 11.3 Å². The average molecular weight is 238 g/mol. The third kappa shape index (κ3) is 2.17. The van der Waals surface area contributed by atoms with Gasteiger partial charge < -0.3 is 10.5 Å². The average Bonchev–Trinajstić information content (AvgIpc) is 2.68. The van der Waals surface area contributed by atoms with Gasteiger partial charge >= 0.3 is 5.97 Å². The highest BCUT2D eigenvalue weighted by molar-refractivity contribution is 7.14. The van der Waals surface area contributed by atoms with E-state index in [2.05, 4.69) is 4.98 Å². The minimum Gasteiger partial charge on any atom is -0.422 e. The molecule has 2 aromatic rings. The number of halogens is 1. The van der Waals surface area contributed by atoms with Crippen molar-refractivity contribution in [3.05, 3.63) is 41.3 Å². The molecule has 82 valence electrons. The lowest BCUT2D eigenvalue weighted by molar-refractivity contribution is 0.0730. The number of aromatic nitrogens is 1. The number of nitrogen functional groups attached to an aromatic ring is 1. The van der Waals surface area contributed by atoms with E-state index in [1.807, 2.05) is 0 Å². The number of carbonyl (C=O) groups is 1. The second-order valence-corrected chi connectivity index (χ2v) is 3.80. The minimum atomic E-state index is -0.648. The van der Waals surface area contributed by atoms with Gasteiger partial charge in [-0.2, -0.15) is 0 Å². The van der Waals surface area contributed by atoms with Crippen molar-refractivity contribution >= 4 is 22.3 Å². The molecule has 0 aliphatic rings. The Morgan fingerprint density at radius 1 is 1.38 bits per heavy atom. The Morgan fingerprint density at radius 3 is 2.62 bits per heavy atom. The van der Waals surface area contributed by atoms with Crippen LogP contribution in [0.5, 0.6) is 5.75 Å². The Morgan fingerprint density at radius 2 is 2.06 bits per heavy atom. The molecule has 0 bridgehead atoms. The minimum absolute atomic E-state index is 0.0781. The monoisotopic (exact) mass is 238 g/mol. The van der Waals surface area contributed by atoms with Crippen LogP contribution in [0.1, 0.15) is 10.5 Å². The van der Waals surface area contributed by atoms with Gasteiger partial charge in [0, 0.05) is 0 Å². The molecule has 16 heavy (non-hydrogen) atoms. The molecule has 0 amide bonds. The Labute approximate surface area is 94.5 Å². The van der Waals surface area contributed by atoms with Crippen LogP contribution in [0.15, 0.2) is 29.8 Å². The van der Waals surface area contributed by atoms with Gasteiger partial charge in [0.15, 0.2) is 5.69 Å². The van der Waals surface area contributed by atoms with Crippen molar-refractivity contribution in [2.24, 2.45) is 0 Å². The van der Waals surface area contributed by atoms with Crippen LogP contribution in [0, 0.1) is 5.82 Å². The maximum absolute atomic E-state index is 12.6. The number of carbonyl (C=O) groups excluding carboxylic acids is 1. The lowest BCUT2D eigenvalue weighted by Crippen LogP contribution is -2.10. The van der Waals surface area contributed by atoms with Crippen LogP contribution in [-0.2, 0) is 0 Å². The van der Waals surface area contributed by atoms with Crippen LogP contribution in [0.3, 0.4) is 0 Å². The third-order valence-electron chi connectivity index (χ3n) is 1.81. The molecule has 2 N–H and O–H groups in total. The summed E-state index contributed by atoms with van der Waals surface area (Å²) >= 11 is 1.15. The van der Waals surface area contributed by atoms with Gasteiger partial charge in [-0.05, 0) is 24.3 Å². The van der Waals surface area contributed by atoms with E-state index in [1.54, 1.807) is 0 Å². The quantitative estimate of drug-likeness (QED) is 0.642. The number of benzene rings is 1. The fourth-order valence-electron chi connectivity index (χ4n) is 1.07. The highest BCUT2D eigenvalue weighted by Crippen LogP contribution is 2.18. The highest BCUT2D eigenvalue weighted by atomic mass is 32.1. The lowest BCUT2D eigenvalue weighted by atomic mass is 10.3. The predicted octanol–water partition coefficient (Wildman–Crippen LogP) is 2.08. The molecule has 0 aliphatic carbocycles. The highest BCUT2D eigenvalue weighted by Gasteiger charge is 2.15. The van der Waals surface area contributed by atoms with Crippen molar-refractivity contribution in [3.8, 4) is 5.75 Å². The molecule has 0 saturated heterocycles. The van der Waals surface area contributed by atoms with Crippen molar-refractivity contribution in [2.45, 2.75) is 0 Å². The summed E-state index contributed by atoms with van der Waals surface area (Å²) in [7, 11) is 0. The van der Waals surface area contributed by atoms with E-state index in [9.17, 15) is 9.18 Å². The molecule has 0 unspecified atom stereocenters. The molecule has 1 aromatic carbocycles. The second kappa shape index (κ2) is 4.28. The number of nitrogens with zero attached hydrogens (tertiary/aromatic N) is 1. The Balaban J connectivity index is 2.14. The number of nitrogens with two attached hydrogens (primary N) is 1. The summed E-state index contributed by atoms with van der Waals surface area (Å²) in [5.74, 6) is -0.794. The van der Waals surface area contributed by atoms with Gasteiger partial charge in [0.25, 0.3) is 0 Å². The summed E-state index contributed by atoms with van der Waals surface area (Å²) in [5.41, 5.74) is 7.05. The van der Waals surface area contributed by atoms with E-state index in [4.69, 9.17) is 10.5 Å². The first kappa shape index (κ1) is 10.6. The van der Waals surface area contributed by atoms with Crippen LogP contribution in [0.25, 0.3) is 0 Å². The van der Waals surface area contributed by atoms with Crippen LogP contribution >= 0.6 is 11.3 Å². The topological polar surface area (TPSA) is 65.2 Å². The van der Waals surface area contributed by atoms with Crippen molar-refractivity contribution in [2.75, 3.05) is 5.73 Å². The van der Waals surface area contributed by atoms with E-state index in [0.29, 0.717) is 5.00 Å². The Kier molecular flexibility index (Phi) is 2.82.